The van der Waals surface area contributed by atoms with Gasteiger partial charge in [-0.1, -0.05) is 44.2 Å². The molecule has 0 saturated heterocycles. The Kier molecular flexibility index (Phi) is 5.60. The number of anilines is 2. The van der Waals surface area contributed by atoms with Crippen LogP contribution < -0.4 is 11.1 Å². The Morgan fingerprint density at radius 3 is 2.47 bits per heavy atom. The van der Waals surface area contributed by atoms with Crippen LogP contribution in [0, 0.1) is 5.92 Å². The number of nitrogen functional groups attached to an aromatic ring is 1. The highest BCUT2D eigenvalue weighted by molar-refractivity contribution is 6.02. The van der Waals surface area contributed by atoms with Crippen molar-refractivity contribution in [3.63, 3.8) is 0 Å². The highest BCUT2D eigenvalue weighted by Crippen LogP contribution is 2.44. The van der Waals surface area contributed by atoms with Crippen molar-refractivity contribution < 1.29 is 0 Å². The van der Waals surface area contributed by atoms with Crippen molar-refractivity contribution >= 4 is 22.3 Å². The first-order valence-electron chi connectivity index (χ1n) is 11.8. The van der Waals surface area contributed by atoms with Gasteiger partial charge in [-0.3, -0.25) is 4.98 Å². The molecular formula is C28H32N4. The van der Waals surface area contributed by atoms with E-state index in [-0.39, 0.29) is 0 Å². The van der Waals surface area contributed by atoms with Gasteiger partial charge in [-0.25, -0.2) is 0 Å². The Labute approximate surface area is 190 Å². The highest BCUT2D eigenvalue weighted by atomic mass is 15.1. The number of hydrogen-bond donors (Lipinski definition) is 2. The monoisotopic (exact) mass is 424 g/mol. The fourth-order valence-corrected chi connectivity index (χ4v) is 4.60. The summed E-state index contributed by atoms with van der Waals surface area (Å²) in [6, 6.07) is 21.9. The molecule has 4 aromatic rings. The molecule has 0 bridgehead atoms. The number of nitrogens with one attached hydrogen (secondary N) is 1. The van der Waals surface area contributed by atoms with Gasteiger partial charge in [-0.15, -0.1) is 0 Å². The molecule has 5 rings (SSSR count). The summed E-state index contributed by atoms with van der Waals surface area (Å²) in [5.74, 6) is 0.704. The van der Waals surface area contributed by atoms with Crippen LogP contribution in [0.15, 0.2) is 66.9 Å². The third kappa shape index (κ3) is 3.86. The summed E-state index contributed by atoms with van der Waals surface area (Å²) in [6.07, 6.45) is 6.71. The zero-order valence-corrected chi connectivity index (χ0v) is 19.0. The lowest BCUT2D eigenvalue weighted by Crippen LogP contribution is -2.18. The maximum atomic E-state index is 6.78. The number of nitrogens with zero attached hydrogens (tertiary/aromatic N) is 2. The van der Waals surface area contributed by atoms with Gasteiger partial charge in [-0.2, -0.15) is 0 Å². The SMILES string of the molecule is CC(C)CCNc1ccc(-c2c(N)c3ccc(-c4ccccn4)cc3n2C2CCC2)cc1. The normalized spacial score (nSPS) is 14.1. The molecule has 4 nitrogen and oxygen atoms in total. The second kappa shape index (κ2) is 8.70. The van der Waals surface area contributed by atoms with Crippen molar-refractivity contribution in [2.24, 2.45) is 5.92 Å². The smallest absolute Gasteiger partial charge is 0.0727 e. The van der Waals surface area contributed by atoms with Gasteiger partial charge in [0.15, 0.2) is 0 Å². The molecule has 164 valence electrons. The van der Waals surface area contributed by atoms with Gasteiger partial charge >= 0.3 is 0 Å². The first-order valence-corrected chi connectivity index (χ1v) is 11.8. The number of benzene rings is 2. The van der Waals surface area contributed by atoms with Crippen molar-refractivity contribution in [1.29, 1.82) is 0 Å². The molecule has 2 heterocycles. The Morgan fingerprint density at radius 1 is 1.03 bits per heavy atom. The van der Waals surface area contributed by atoms with Crippen LogP contribution in [0.4, 0.5) is 11.4 Å². The van der Waals surface area contributed by atoms with E-state index in [4.69, 9.17) is 5.73 Å². The first kappa shape index (κ1) is 20.6. The average Bonchev–Trinajstić information content (AvgIpc) is 3.05. The van der Waals surface area contributed by atoms with Crippen molar-refractivity contribution in [3.8, 4) is 22.5 Å². The van der Waals surface area contributed by atoms with E-state index in [2.05, 4.69) is 77.2 Å². The van der Waals surface area contributed by atoms with E-state index in [1.54, 1.807) is 0 Å². The largest absolute Gasteiger partial charge is 0.396 e. The molecule has 0 spiro atoms. The zero-order valence-electron chi connectivity index (χ0n) is 19.0. The third-order valence-electron chi connectivity index (χ3n) is 6.65. The number of fused-ring (bicyclic) bond motifs is 1. The molecule has 1 aliphatic rings. The molecule has 1 fully saturated rings. The van der Waals surface area contributed by atoms with E-state index in [0.717, 1.165) is 40.3 Å². The second-order valence-corrected chi connectivity index (χ2v) is 9.35. The number of rotatable bonds is 7. The highest BCUT2D eigenvalue weighted by Gasteiger charge is 2.27. The lowest BCUT2D eigenvalue weighted by Gasteiger charge is -2.30. The van der Waals surface area contributed by atoms with Crippen LogP contribution in [0.2, 0.25) is 0 Å². The predicted octanol–water partition coefficient (Wildman–Crippen LogP) is 7.14. The lowest BCUT2D eigenvalue weighted by molar-refractivity contribution is 0.324. The topological polar surface area (TPSA) is 55.9 Å². The molecule has 1 saturated carbocycles. The molecule has 0 aliphatic heterocycles. The molecule has 2 aromatic heterocycles. The Bertz CT molecular complexity index is 1200. The standard InChI is InChI=1S/C28H32N4/c1-19(2)15-17-30-22-12-9-20(10-13-22)28-27(29)24-14-11-21(25-8-3-4-16-31-25)18-26(24)32(28)23-6-5-7-23/h3-4,8-14,16,18-19,23,30H,5-7,15,17,29H2,1-2H3. The van der Waals surface area contributed by atoms with E-state index >= 15 is 0 Å². The number of pyridine rings is 1. The fraction of sp³-hybridized carbons (Fsp3) is 0.321. The number of hydrogen-bond acceptors (Lipinski definition) is 3. The van der Waals surface area contributed by atoms with Gasteiger partial charge in [0, 0.05) is 41.0 Å². The molecular weight excluding hydrogens is 392 g/mol. The van der Waals surface area contributed by atoms with Crippen LogP contribution in [-0.4, -0.2) is 16.1 Å². The van der Waals surface area contributed by atoms with Crippen LogP contribution >= 0.6 is 0 Å². The Hall–Kier alpha value is -3.27. The quantitative estimate of drug-likeness (QED) is 0.332. The minimum atomic E-state index is 0.507. The van der Waals surface area contributed by atoms with Gasteiger partial charge in [0.2, 0.25) is 0 Å². The molecule has 0 unspecified atom stereocenters. The zero-order chi connectivity index (χ0) is 22.1. The van der Waals surface area contributed by atoms with Crippen molar-refractivity contribution in [3.05, 3.63) is 66.9 Å². The minimum absolute atomic E-state index is 0.507. The Balaban J connectivity index is 1.56. The van der Waals surface area contributed by atoms with E-state index in [1.165, 1.54) is 36.8 Å². The fourth-order valence-electron chi connectivity index (χ4n) is 4.60. The summed E-state index contributed by atoms with van der Waals surface area (Å²) >= 11 is 0. The molecule has 0 atom stereocenters. The first-order chi connectivity index (χ1) is 15.6. The van der Waals surface area contributed by atoms with Crippen LogP contribution in [0.5, 0.6) is 0 Å². The van der Waals surface area contributed by atoms with Crippen LogP contribution in [-0.2, 0) is 0 Å². The van der Waals surface area contributed by atoms with E-state index < -0.39 is 0 Å². The second-order valence-electron chi connectivity index (χ2n) is 9.35. The summed E-state index contributed by atoms with van der Waals surface area (Å²) < 4.78 is 2.49. The molecule has 0 amide bonds. The summed E-state index contributed by atoms with van der Waals surface area (Å²) in [4.78, 5) is 4.55. The summed E-state index contributed by atoms with van der Waals surface area (Å²) in [6.45, 7) is 5.51. The van der Waals surface area contributed by atoms with E-state index in [9.17, 15) is 0 Å². The maximum Gasteiger partial charge on any atom is 0.0727 e. The summed E-state index contributed by atoms with van der Waals surface area (Å²) in [7, 11) is 0. The van der Waals surface area contributed by atoms with Gasteiger partial charge in [0.25, 0.3) is 0 Å². The average molecular weight is 425 g/mol. The number of nitrogens with two attached hydrogens (primary N) is 1. The molecule has 0 radical (unpaired) electrons. The minimum Gasteiger partial charge on any atom is -0.396 e. The third-order valence-corrected chi connectivity index (χ3v) is 6.65. The summed E-state index contributed by atoms with van der Waals surface area (Å²) in [5, 5.41) is 4.67. The maximum absolute atomic E-state index is 6.78. The molecule has 3 N–H and O–H groups in total. The molecule has 1 aliphatic carbocycles. The Morgan fingerprint density at radius 2 is 1.81 bits per heavy atom. The van der Waals surface area contributed by atoms with Crippen molar-refractivity contribution in [2.45, 2.75) is 45.6 Å². The molecule has 2 aromatic carbocycles. The van der Waals surface area contributed by atoms with Gasteiger partial charge in [0.1, 0.15) is 0 Å². The van der Waals surface area contributed by atoms with Crippen LogP contribution in [0.3, 0.4) is 0 Å². The predicted molar refractivity (Wildman–Crippen MR) is 136 cm³/mol. The number of aromatic nitrogens is 2. The van der Waals surface area contributed by atoms with Gasteiger partial charge in [0.05, 0.1) is 22.6 Å². The van der Waals surface area contributed by atoms with Gasteiger partial charge in [-0.05, 0) is 61.9 Å². The van der Waals surface area contributed by atoms with Crippen LogP contribution in [0.1, 0.15) is 45.6 Å². The lowest BCUT2D eigenvalue weighted by atomic mass is 9.92. The van der Waals surface area contributed by atoms with E-state index in [0.29, 0.717) is 12.0 Å². The van der Waals surface area contributed by atoms with E-state index in [1.807, 2.05) is 18.3 Å². The van der Waals surface area contributed by atoms with Crippen molar-refractivity contribution in [1.82, 2.24) is 9.55 Å². The molecule has 32 heavy (non-hydrogen) atoms. The van der Waals surface area contributed by atoms with Gasteiger partial charge < -0.3 is 15.6 Å². The summed E-state index contributed by atoms with van der Waals surface area (Å²) in [5.41, 5.74) is 14.5. The van der Waals surface area contributed by atoms with Crippen molar-refractivity contribution in [2.75, 3.05) is 17.6 Å². The van der Waals surface area contributed by atoms with Crippen LogP contribution in [0.25, 0.3) is 33.4 Å². The molecule has 4 heteroatoms.